The van der Waals surface area contributed by atoms with Crippen LogP contribution in [0, 0.1) is 0 Å². The first-order chi connectivity index (χ1) is 13.2. The number of hydrogen-bond donors (Lipinski definition) is 2. The second-order valence-corrected chi connectivity index (χ2v) is 8.74. The highest BCUT2D eigenvalue weighted by atomic mass is 32.2. The Bertz CT molecular complexity index is 1010. The zero-order chi connectivity index (χ0) is 20.5. The van der Waals surface area contributed by atoms with Gasteiger partial charge in [0.15, 0.2) is 0 Å². The van der Waals surface area contributed by atoms with E-state index in [1.165, 1.54) is 4.68 Å². The van der Waals surface area contributed by atoms with Crippen LogP contribution in [0.4, 0.5) is 17.6 Å². The minimum atomic E-state index is -3.48. The van der Waals surface area contributed by atoms with Crippen molar-refractivity contribution < 1.29 is 13.2 Å². The van der Waals surface area contributed by atoms with Gasteiger partial charge in [0.05, 0.1) is 11.9 Å². The standard InChI is InChI=1S/C17H23N7O3S/c1-22(2)13-4-6-14(7-5-13)24-16(18)20-17(21-24)19-12-8-9-23(28(3,26)27)15(10-12)11-25/h4-7,12H,8-10H2,1-3H3,(H3,18,19,20,21). The summed E-state index contributed by atoms with van der Waals surface area (Å²) in [5.74, 6) is 2.27. The van der Waals surface area contributed by atoms with Gasteiger partial charge in [-0.05, 0) is 30.7 Å². The number of nitrogens with zero attached hydrogens (tertiary/aromatic N) is 5. The summed E-state index contributed by atoms with van der Waals surface area (Å²) >= 11 is 0. The maximum Gasteiger partial charge on any atom is 0.244 e. The summed E-state index contributed by atoms with van der Waals surface area (Å²) < 4.78 is 26.1. The van der Waals surface area contributed by atoms with E-state index in [9.17, 15) is 13.2 Å². The van der Waals surface area contributed by atoms with Crippen molar-refractivity contribution in [1.82, 2.24) is 19.1 Å². The lowest BCUT2D eigenvalue weighted by Gasteiger charge is -2.32. The van der Waals surface area contributed by atoms with E-state index in [1.807, 2.05) is 43.3 Å². The van der Waals surface area contributed by atoms with Crippen LogP contribution in [0.15, 0.2) is 30.0 Å². The maximum absolute atomic E-state index is 11.7. The summed E-state index contributed by atoms with van der Waals surface area (Å²) in [6, 6.07) is 7.49. The van der Waals surface area contributed by atoms with Crippen molar-refractivity contribution in [3.63, 3.8) is 0 Å². The van der Waals surface area contributed by atoms with E-state index in [0.29, 0.717) is 12.4 Å². The smallest absolute Gasteiger partial charge is 0.244 e. The molecule has 28 heavy (non-hydrogen) atoms. The van der Waals surface area contributed by atoms with Gasteiger partial charge >= 0.3 is 0 Å². The lowest BCUT2D eigenvalue weighted by Crippen LogP contribution is -2.40. The van der Waals surface area contributed by atoms with Gasteiger partial charge < -0.3 is 16.0 Å². The van der Waals surface area contributed by atoms with E-state index in [2.05, 4.69) is 15.4 Å². The average molecular weight is 405 g/mol. The molecule has 10 nitrogen and oxygen atoms in total. The molecule has 0 radical (unpaired) electrons. The second kappa shape index (κ2) is 7.53. The minimum absolute atomic E-state index is 0.0953. The summed E-state index contributed by atoms with van der Waals surface area (Å²) in [5.41, 5.74) is 7.90. The molecule has 1 saturated heterocycles. The van der Waals surface area contributed by atoms with Crippen LogP contribution in [-0.2, 0) is 14.8 Å². The lowest BCUT2D eigenvalue weighted by molar-refractivity contribution is 0.392. The van der Waals surface area contributed by atoms with Gasteiger partial charge in [0.25, 0.3) is 0 Å². The van der Waals surface area contributed by atoms with Gasteiger partial charge in [0, 0.05) is 38.8 Å². The minimum Gasteiger partial charge on any atom is -0.378 e. The molecule has 3 N–H and O–H groups in total. The Balaban J connectivity index is 1.75. The lowest BCUT2D eigenvalue weighted by atomic mass is 10.0. The first kappa shape index (κ1) is 19.7. The second-order valence-electron chi connectivity index (χ2n) is 6.83. The molecule has 1 atom stereocenters. The molecular weight excluding hydrogens is 382 g/mol. The molecule has 0 amide bonds. The number of anilines is 3. The Labute approximate surface area is 163 Å². The van der Waals surface area contributed by atoms with E-state index in [0.717, 1.165) is 21.9 Å². The molecular formula is C17H23N7O3S. The molecule has 150 valence electrons. The number of carbonyl (C=O) groups excluding carboxylic acids is 1. The molecule has 0 saturated carbocycles. The molecule has 0 spiro atoms. The quantitative estimate of drug-likeness (QED) is 0.687. The van der Waals surface area contributed by atoms with Crippen molar-refractivity contribution >= 4 is 33.5 Å². The summed E-state index contributed by atoms with van der Waals surface area (Å²) in [4.78, 5) is 17.4. The van der Waals surface area contributed by atoms with Crippen LogP contribution in [0.5, 0.6) is 0 Å². The predicted molar refractivity (Wildman–Crippen MR) is 107 cm³/mol. The highest BCUT2D eigenvalue weighted by Crippen LogP contribution is 2.24. The van der Waals surface area contributed by atoms with Gasteiger partial charge in [0.2, 0.25) is 21.9 Å². The number of aromatic nitrogens is 3. The van der Waals surface area contributed by atoms with Crippen molar-refractivity contribution in [2.75, 3.05) is 42.8 Å². The number of nitrogen functional groups attached to an aromatic ring is 1. The van der Waals surface area contributed by atoms with Crippen molar-refractivity contribution in [1.29, 1.82) is 0 Å². The first-order valence-corrected chi connectivity index (χ1v) is 10.5. The molecule has 1 aliphatic heterocycles. The number of rotatable bonds is 5. The normalized spacial score (nSPS) is 17.3. The Morgan fingerprint density at radius 3 is 2.54 bits per heavy atom. The third-order valence-electron chi connectivity index (χ3n) is 4.52. The zero-order valence-corrected chi connectivity index (χ0v) is 16.8. The monoisotopic (exact) mass is 405 g/mol. The maximum atomic E-state index is 11.7. The molecule has 1 aromatic carbocycles. The number of piperidine rings is 1. The van der Waals surface area contributed by atoms with E-state index in [-0.39, 0.29) is 30.7 Å². The third kappa shape index (κ3) is 4.10. The molecule has 2 aromatic rings. The number of nitrogens with one attached hydrogen (secondary N) is 1. The fourth-order valence-electron chi connectivity index (χ4n) is 3.08. The van der Waals surface area contributed by atoms with Crippen LogP contribution >= 0.6 is 0 Å². The molecule has 11 heteroatoms. The Kier molecular flexibility index (Phi) is 5.30. The van der Waals surface area contributed by atoms with Crippen LogP contribution in [0.2, 0.25) is 0 Å². The fraction of sp³-hybridized carbons (Fsp3) is 0.412. The van der Waals surface area contributed by atoms with E-state index >= 15 is 0 Å². The van der Waals surface area contributed by atoms with Crippen molar-refractivity contribution in [3.8, 4) is 5.69 Å². The van der Waals surface area contributed by atoms with Crippen LogP contribution in [-0.4, -0.2) is 66.4 Å². The molecule has 2 heterocycles. The molecule has 0 bridgehead atoms. The van der Waals surface area contributed by atoms with Gasteiger partial charge in [-0.15, -0.1) is 5.10 Å². The number of nitrogens with two attached hydrogens (primary N) is 1. The highest BCUT2D eigenvalue weighted by Gasteiger charge is 2.30. The summed E-state index contributed by atoms with van der Waals surface area (Å²) in [7, 11) is 0.428. The SMILES string of the molecule is CN(C)c1ccc(-n2nc(NC3CCN(S(C)(=O)=O)C(=C=O)C3)nc2N)cc1. The van der Waals surface area contributed by atoms with Gasteiger partial charge in [-0.1, -0.05) is 0 Å². The molecule has 1 unspecified atom stereocenters. The number of benzene rings is 1. The fourth-order valence-corrected chi connectivity index (χ4v) is 4.03. The Morgan fingerprint density at radius 2 is 1.96 bits per heavy atom. The average Bonchev–Trinajstić information content (AvgIpc) is 3.00. The van der Waals surface area contributed by atoms with Crippen molar-refractivity contribution in [2.45, 2.75) is 18.9 Å². The Hall–Kier alpha value is -3.04. The molecule has 0 aliphatic carbocycles. The van der Waals surface area contributed by atoms with Gasteiger partial charge in [-0.2, -0.15) is 9.67 Å². The topological polar surface area (TPSA) is 126 Å². The zero-order valence-electron chi connectivity index (χ0n) is 16.0. The molecule has 1 aliphatic rings. The predicted octanol–water partition coefficient (Wildman–Crippen LogP) is 0.467. The molecule has 1 fully saturated rings. The van der Waals surface area contributed by atoms with E-state index < -0.39 is 10.0 Å². The third-order valence-corrected chi connectivity index (χ3v) is 5.72. The van der Waals surface area contributed by atoms with E-state index in [1.54, 1.807) is 5.94 Å². The largest absolute Gasteiger partial charge is 0.378 e. The van der Waals surface area contributed by atoms with E-state index in [4.69, 9.17) is 5.73 Å². The van der Waals surface area contributed by atoms with Gasteiger partial charge in [-0.25, -0.2) is 13.2 Å². The van der Waals surface area contributed by atoms with Crippen LogP contribution < -0.4 is 16.0 Å². The van der Waals surface area contributed by atoms with Crippen LogP contribution in [0.1, 0.15) is 12.8 Å². The molecule has 1 aromatic heterocycles. The summed E-state index contributed by atoms with van der Waals surface area (Å²) in [5, 5.41) is 7.51. The summed E-state index contributed by atoms with van der Waals surface area (Å²) in [6.07, 6.45) is 1.79. The molecule has 3 rings (SSSR count). The van der Waals surface area contributed by atoms with Gasteiger partial charge in [0.1, 0.15) is 11.6 Å². The first-order valence-electron chi connectivity index (χ1n) is 8.67. The van der Waals surface area contributed by atoms with Crippen LogP contribution in [0.3, 0.4) is 0 Å². The Morgan fingerprint density at radius 1 is 1.29 bits per heavy atom. The highest BCUT2D eigenvalue weighted by molar-refractivity contribution is 7.88. The summed E-state index contributed by atoms with van der Waals surface area (Å²) in [6.45, 7) is 0.198. The van der Waals surface area contributed by atoms with Crippen molar-refractivity contribution in [3.05, 3.63) is 30.0 Å². The number of sulfonamides is 1. The van der Waals surface area contributed by atoms with Gasteiger partial charge in [-0.3, -0.25) is 4.31 Å². The number of hydrogen-bond acceptors (Lipinski definition) is 8. The van der Waals surface area contributed by atoms with Crippen molar-refractivity contribution in [2.24, 2.45) is 0 Å². The van der Waals surface area contributed by atoms with Crippen LogP contribution in [0.25, 0.3) is 5.69 Å².